The number of likely N-dealkylation sites (N-methyl/N-ethyl adjacent to an activating group) is 1. The summed E-state index contributed by atoms with van der Waals surface area (Å²) >= 11 is 13.0. The lowest BCUT2D eigenvalue weighted by molar-refractivity contribution is 0.0779. The van der Waals surface area contributed by atoms with Crippen LogP contribution in [0.5, 0.6) is 0 Å². The van der Waals surface area contributed by atoms with Gasteiger partial charge < -0.3 is 4.90 Å². The number of hydrogen-bond donors (Lipinski definition) is 0. The summed E-state index contributed by atoms with van der Waals surface area (Å²) in [5.41, 5.74) is 1.41. The summed E-state index contributed by atoms with van der Waals surface area (Å²) in [5, 5.41) is 0. The minimum Gasteiger partial charge on any atom is -0.335 e. The number of rotatable bonds is 4. The summed E-state index contributed by atoms with van der Waals surface area (Å²) in [7, 11) is 0. The molecule has 0 saturated heterocycles. The van der Waals surface area contributed by atoms with Crippen LogP contribution in [0.2, 0.25) is 8.67 Å². The van der Waals surface area contributed by atoms with Gasteiger partial charge in [-0.3, -0.25) is 4.79 Å². The van der Waals surface area contributed by atoms with Crippen LogP contribution in [0, 0.1) is 0 Å². The monoisotopic (exact) mass is 277 g/mol. The van der Waals surface area contributed by atoms with Gasteiger partial charge in [-0.25, -0.2) is 0 Å². The van der Waals surface area contributed by atoms with Crippen molar-refractivity contribution in [2.75, 3.05) is 13.1 Å². The lowest BCUT2D eigenvalue weighted by atomic mass is 10.2. The zero-order valence-corrected chi connectivity index (χ0v) is 11.5. The standard InChI is InChI=1S/C11H13Cl2NOS/c1-4-14(6-7(2)3)11(15)8-5-9(12)16-10(8)13/h5H,2,4,6H2,1,3H3. The van der Waals surface area contributed by atoms with E-state index in [9.17, 15) is 4.79 Å². The van der Waals surface area contributed by atoms with E-state index in [2.05, 4.69) is 6.58 Å². The number of hydrogen-bond acceptors (Lipinski definition) is 2. The predicted molar refractivity (Wildman–Crippen MR) is 70.7 cm³/mol. The van der Waals surface area contributed by atoms with Crippen LogP contribution in [0.15, 0.2) is 18.2 Å². The van der Waals surface area contributed by atoms with Crippen molar-refractivity contribution in [1.29, 1.82) is 0 Å². The lowest BCUT2D eigenvalue weighted by Gasteiger charge is -2.20. The van der Waals surface area contributed by atoms with E-state index in [-0.39, 0.29) is 5.91 Å². The molecular weight excluding hydrogens is 265 g/mol. The molecule has 1 aromatic rings. The van der Waals surface area contributed by atoms with Gasteiger partial charge in [-0.15, -0.1) is 11.3 Å². The third kappa shape index (κ3) is 3.24. The quantitative estimate of drug-likeness (QED) is 0.759. The molecule has 0 N–H and O–H groups in total. The normalized spacial score (nSPS) is 10.2. The van der Waals surface area contributed by atoms with Crippen LogP contribution < -0.4 is 0 Å². The third-order valence-corrected chi connectivity index (χ3v) is 3.50. The second-order valence-corrected chi connectivity index (χ2v) is 5.80. The van der Waals surface area contributed by atoms with Crippen molar-refractivity contribution in [3.8, 4) is 0 Å². The first-order valence-electron chi connectivity index (χ1n) is 4.84. The number of amides is 1. The predicted octanol–water partition coefficient (Wildman–Crippen LogP) is 4.09. The van der Waals surface area contributed by atoms with Crippen LogP contribution in [0.4, 0.5) is 0 Å². The molecule has 1 heterocycles. The molecular formula is C11H13Cl2NOS. The first kappa shape index (κ1) is 13.6. The molecule has 1 rings (SSSR count). The van der Waals surface area contributed by atoms with Crippen LogP contribution in [-0.2, 0) is 0 Å². The third-order valence-electron chi connectivity index (χ3n) is 2.02. The maximum atomic E-state index is 12.1. The maximum absolute atomic E-state index is 12.1. The summed E-state index contributed by atoms with van der Waals surface area (Å²) in [6.45, 7) is 8.76. The van der Waals surface area contributed by atoms with Crippen LogP contribution in [0.25, 0.3) is 0 Å². The highest BCUT2D eigenvalue weighted by molar-refractivity contribution is 7.20. The summed E-state index contributed by atoms with van der Waals surface area (Å²) < 4.78 is 0.967. The van der Waals surface area contributed by atoms with E-state index in [1.165, 1.54) is 11.3 Å². The highest BCUT2D eigenvalue weighted by atomic mass is 35.5. The second kappa shape index (κ2) is 5.71. The number of carbonyl (C=O) groups is 1. The summed E-state index contributed by atoms with van der Waals surface area (Å²) in [6, 6.07) is 1.61. The highest BCUT2D eigenvalue weighted by Gasteiger charge is 2.19. The Labute approximate surface area is 109 Å². The van der Waals surface area contributed by atoms with E-state index in [0.29, 0.717) is 27.3 Å². The van der Waals surface area contributed by atoms with Crippen molar-refractivity contribution in [3.63, 3.8) is 0 Å². The fourth-order valence-electron chi connectivity index (χ4n) is 1.31. The average Bonchev–Trinajstić information content (AvgIpc) is 2.53. The van der Waals surface area contributed by atoms with Gasteiger partial charge >= 0.3 is 0 Å². The molecule has 0 bridgehead atoms. The molecule has 0 saturated carbocycles. The van der Waals surface area contributed by atoms with E-state index >= 15 is 0 Å². The Bertz CT molecular complexity index is 414. The molecule has 5 heteroatoms. The Morgan fingerprint density at radius 3 is 2.56 bits per heavy atom. The zero-order chi connectivity index (χ0) is 12.3. The minimum atomic E-state index is -0.0985. The Hall–Kier alpha value is -0.510. The number of nitrogens with zero attached hydrogens (tertiary/aromatic N) is 1. The van der Waals surface area contributed by atoms with E-state index in [1.807, 2.05) is 13.8 Å². The van der Waals surface area contributed by atoms with Gasteiger partial charge in [0.15, 0.2) is 0 Å². The number of thiophene rings is 1. The zero-order valence-electron chi connectivity index (χ0n) is 9.22. The molecule has 1 aromatic heterocycles. The van der Waals surface area contributed by atoms with E-state index in [4.69, 9.17) is 23.2 Å². The van der Waals surface area contributed by atoms with Crippen molar-refractivity contribution in [2.45, 2.75) is 13.8 Å². The van der Waals surface area contributed by atoms with Crippen molar-refractivity contribution in [2.24, 2.45) is 0 Å². The van der Waals surface area contributed by atoms with Crippen LogP contribution in [0.3, 0.4) is 0 Å². The topological polar surface area (TPSA) is 20.3 Å². The molecule has 0 aliphatic carbocycles. The minimum absolute atomic E-state index is 0.0985. The molecule has 0 fully saturated rings. The lowest BCUT2D eigenvalue weighted by Crippen LogP contribution is -2.32. The van der Waals surface area contributed by atoms with Crippen molar-refractivity contribution >= 4 is 40.4 Å². The molecule has 16 heavy (non-hydrogen) atoms. The molecule has 0 atom stereocenters. The van der Waals surface area contributed by atoms with Crippen molar-refractivity contribution in [3.05, 3.63) is 32.5 Å². The fraction of sp³-hybridized carbons (Fsp3) is 0.364. The van der Waals surface area contributed by atoms with Gasteiger partial charge in [0.1, 0.15) is 4.34 Å². The van der Waals surface area contributed by atoms with Crippen molar-refractivity contribution < 1.29 is 4.79 Å². The van der Waals surface area contributed by atoms with E-state index in [1.54, 1.807) is 11.0 Å². The number of carbonyl (C=O) groups excluding carboxylic acids is 1. The highest BCUT2D eigenvalue weighted by Crippen LogP contribution is 2.31. The van der Waals surface area contributed by atoms with Gasteiger partial charge in [0.25, 0.3) is 5.91 Å². The smallest absolute Gasteiger partial charge is 0.256 e. The SMILES string of the molecule is C=C(C)CN(CC)C(=O)c1cc(Cl)sc1Cl. The summed E-state index contributed by atoms with van der Waals surface area (Å²) in [4.78, 5) is 13.8. The van der Waals surface area contributed by atoms with Gasteiger partial charge in [-0.1, -0.05) is 35.4 Å². The molecule has 0 unspecified atom stereocenters. The van der Waals surface area contributed by atoms with Gasteiger partial charge in [0, 0.05) is 13.1 Å². The van der Waals surface area contributed by atoms with Gasteiger partial charge in [0.05, 0.1) is 9.90 Å². The Balaban J connectivity index is 2.91. The molecule has 0 aliphatic heterocycles. The van der Waals surface area contributed by atoms with Crippen LogP contribution in [0.1, 0.15) is 24.2 Å². The van der Waals surface area contributed by atoms with Crippen molar-refractivity contribution in [1.82, 2.24) is 4.90 Å². The van der Waals surface area contributed by atoms with E-state index in [0.717, 1.165) is 5.57 Å². The average molecular weight is 278 g/mol. The summed E-state index contributed by atoms with van der Waals surface area (Å²) in [6.07, 6.45) is 0. The Kier molecular flexibility index (Phi) is 4.84. The van der Waals surface area contributed by atoms with Gasteiger partial charge in [-0.2, -0.15) is 0 Å². The van der Waals surface area contributed by atoms with Gasteiger partial charge in [-0.05, 0) is 19.9 Å². The Morgan fingerprint density at radius 2 is 2.19 bits per heavy atom. The van der Waals surface area contributed by atoms with Crippen LogP contribution in [-0.4, -0.2) is 23.9 Å². The molecule has 2 nitrogen and oxygen atoms in total. The van der Waals surface area contributed by atoms with Gasteiger partial charge in [0.2, 0.25) is 0 Å². The molecule has 1 amide bonds. The molecule has 0 aliphatic rings. The van der Waals surface area contributed by atoms with E-state index < -0.39 is 0 Å². The number of halogens is 2. The fourth-order valence-corrected chi connectivity index (χ4v) is 2.76. The Morgan fingerprint density at radius 1 is 1.56 bits per heavy atom. The first-order chi connectivity index (χ1) is 7.45. The maximum Gasteiger partial charge on any atom is 0.256 e. The van der Waals surface area contributed by atoms with Crippen LogP contribution >= 0.6 is 34.5 Å². The molecule has 88 valence electrons. The second-order valence-electron chi connectivity index (χ2n) is 3.51. The molecule has 0 spiro atoms. The largest absolute Gasteiger partial charge is 0.335 e. The molecule has 0 radical (unpaired) electrons. The molecule has 0 aromatic carbocycles. The summed E-state index contributed by atoms with van der Waals surface area (Å²) in [5.74, 6) is -0.0985. The first-order valence-corrected chi connectivity index (χ1v) is 6.41.